The summed E-state index contributed by atoms with van der Waals surface area (Å²) in [5, 5.41) is 11.0. The van der Waals surface area contributed by atoms with Gasteiger partial charge in [0.25, 0.3) is 0 Å². The first kappa shape index (κ1) is 18.5. The monoisotopic (exact) mass is 445 g/mol. The number of rotatable bonds is 4. The lowest BCUT2D eigenvalue weighted by molar-refractivity contribution is -0.913. The Morgan fingerprint density at radius 1 is 1.13 bits per heavy atom. The predicted octanol–water partition coefficient (Wildman–Crippen LogP) is 0.113. The molecule has 0 spiro atoms. The van der Waals surface area contributed by atoms with Gasteiger partial charge in [0, 0.05) is 10.6 Å². The summed E-state index contributed by atoms with van der Waals surface area (Å²) in [5.74, 6) is 0.713. The number of halogens is 2. The molecule has 1 aliphatic rings. The molecule has 0 bridgehead atoms. The van der Waals surface area contributed by atoms with Crippen molar-refractivity contribution >= 4 is 11.6 Å². The molecule has 23 heavy (non-hydrogen) atoms. The maximum Gasteiger partial charge on any atom is 0.178 e. The van der Waals surface area contributed by atoms with Gasteiger partial charge in [-0.3, -0.25) is 0 Å². The highest BCUT2D eigenvalue weighted by Gasteiger charge is 2.43. The van der Waals surface area contributed by atoms with Crippen LogP contribution < -0.4 is 28.7 Å². The molecule has 2 aromatic rings. The molecule has 2 aromatic carbocycles. The van der Waals surface area contributed by atoms with Crippen LogP contribution in [0.3, 0.4) is 0 Å². The molecule has 124 valence electrons. The van der Waals surface area contributed by atoms with Crippen LogP contribution in [0.25, 0.3) is 0 Å². The van der Waals surface area contributed by atoms with Crippen molar-refractivity contribution in [1.29, 1.82) is 0 Å². The Hall–Kier alpha value is -0.820. The smallest absolute Gasteiger partial charge is 0.178 e. The van der Waals surface area contributed by atoms with E-state index in [1.165, 1.54) is 5.56 Å². The fourth-order valence-corrected chi connectivity index (χ4v) is 3.36. The van der Waals surface area contributed by atoms with Crippen molar-refractivity contribution in [2.75, 3.05) is 20.1 Å². The fourth-order valence-electron chi connectivity index (χ4n) is 3.18. The van der Waals surface area contributed by atoms with Gasteiger partial charge in [-0.25, -0.2) is 0 Å². The van der Waals surface area contributed by atoms with E-state index in [1.807, 2.05) is 36.4 Å². The Morgan fingerprint density at radius 2 is 1.87 bits per heavy atom. The highest BCUT2D eigenvalue weighted by molar-refractivity contribution is 6.30. The fraction of sp³-hybridized carbons (Fsp3) is 0.333. The van der Waals surface area contributed by atoms with Gasteiger partial charge in [0.2, 0.25) is 0 Å². The van der Waals surface area contributed by atoms with E-state index < -0.39 is 6.10 Å². The van der Waals surface area contributed by atoms with E-state index in [1.54, 1.807) is 6.07 Å². The molecular weight excluding hydrogens is 425 g/mol. The van der Waals surface area contributed by atoms with Crippen LogP contribution in [0, 0.1) is 0 Å². The number of likely N-dealkylation sites (N-methyl/N-ethyl adjacent to an activating group) is 1. The highest BCUT2D eigenvalue weighted by atomic mass is 127. The van der Waals surface area contributed by atoms with E-state index in [9.17, 15) is 5.11 Å². The second-order valence-corrected chi connectivity index (χ2v) is 6.75. The van der Waals surface area contributed by atoms with Crippen molar-refractivity contribution < 1.29 is 38.3 Å². The Labute approximate surface area is 159 Å². The van der Waals surface area contributed by atoms with Gasteiger partial charge >= 0.3 is 0 Å². The summed E-state index contributed by atoms with van der Waals surface area (Å²) in [6, 6.07) is 17.7. The van der Waals surface area contributed by atoms with E-state index in [-0.39, 0.29) is 30.1 Å². The minimum Gasteiger partial charge on any atom is -1.00 e. The normalized spacial score (nSPS) is 26.6. The standard InChI is InChI=1S/C18H21ClNO2.HI/c1-20(11-14-6-3-2-4-7-14)12-17(21)18(13-20)22-16-9-5-8-15(19)10-16;/h2-10,17-18,21H,11-13H2,1H3;1H/q+1;/p-1/t17-,18+,20?;/m1./s1. The third-order valence-electron chi connectivity index (χ3n) is 4.17. The molecular formula is C18H21ClINO2. The highest BCUT2D eigenvalue weighted by Crippen LogP contribution is 2.26. The molecule has 1 N–H and O–H groups in total. The molecule has 0 radical (unpaired) electrons. The molecule has 0 aliphatic carbocycles. The lowest BCUT2D eigenvalue weighted by atomic mass is 10.2. The summed E-state index contributed by atoms with van der Waals surface area (Å²) in [5.41, 5.74) is 1.28. The van der Waals surface area contributed by atoms with E-state index >= 15 is 0 Å². The van der Waals surface area contributed by atoms with E-state index in [4.69, 9.17) is 16.3 Å². The number of quaternary nitrogens is 1. The first-order chi connectivity index (χ1) is 10.5. The largest absolute Gasteiger partial charge is 1.00 e. The zero-order valence-corrected chi connectivity index (χ0v) is 15.9. The van der Waals surface area contributed by atoms with Crippen LogP contribution in [0.2, 0.25) is 5.02 Å². The quantitative estimate of drug-likeness (QED) is 0.535. The van der Waals surface area contributed by atoms with E-state index in [0.717, 1.165) is 17.6 Å². The number of aliphatic hydroxyl groups excluding tert-OH is 1. The summed E-state index contributed by atoms with van der Waals surface area (Å²) >= 11 is 5.98. The number of aliphatic hydroxyl groups is 1. The number of ether oxygens (including phenoxy) is 1. The molecule has 0 amide bonds. The van der Waals surface area contributed by atoms with Crippen molar-refractivity contribution in [1.82, 2.24) is 0 Å². The molecule has 0 aromatic heterocycles. The van der Waals surface area contributed by atoms with Gasteiger partial charge in [-0.15, -0.1) is 0 Å². The van der Waals surface area contributed by atoms with Crippen LogP contribution in [-0.2, 0) is 6.54 Å². The van der Waals surface area contributed by atoms with Gasteiger partial charge in [-0.1, -0.05) is 48.0 Å². The van der Waals surface area contributed by atoms with Crippen LogP contribution in [0.1, 0.15) is 5.56 Å². The van der Waals surface area contributed by atoms with Gasteiger partial charge in [0.15, 0.2) is 6.10 Å². The van der Waals surface area contributed by atoms with Gasteiger partial charge < -0.3 is 38.3 Å². The zero-order chi connectivity index (χ0) is 15.6. The Balaban J connectivity index is 0.00000192. The molecule has 1 aliphatic heterocycles. The first-order valence-electron chi connectivity index (χ1n) is 7.52. The Kier molecular flexibility index (Phi) is 6.31. The lowest BCUT2D eigenvalue weighted by Gasteiger charge is -2.29. The molecule has 1 unspecified atom stereocenters. The molecule has 3 nitrogen and oxygen atoms in total. The number of benzene rings is 2. The maximum atomic E-state index is 10.4. The summed E-state index contributed by atoms with van der Waals surface area (Å²) in [4.78, 5) is 0. The van der Waals surface area contributed by atoms with E-state index in [0.29, 0.717) is 17.3 Å². The molecule has 1 saturated heterocycles. The number of hydrogen-bond donors (Lipinski definition) is 1. The van der Waals surface area contributed by atoms with Gasteiger partial charge in [-0.05, 0) is 18.2 Å². The van der Waals surface area contributed by atoms with Crippen molar-refractivity contribution in [2.24, 2.45) is 0 Å². The van der Waals surface area contributed by atoms with Crippen LogP contribution in [0.5, 0.6) is 5.75 Å². The second kappa shape index (κ2) is 7.83. The summed E-state index contributed by atoms with van der Waals surface area (Å²) in [6.45, 7) is 2.37. The molecule has 1 fully saturated rings. The third-order valence-corrected chi connectivity index (χ3v) is 4.40. The zero-order valence-electron chi connectivity index (χ0n) is 13.0. The topological polar surface area (TPSA) is 29.5 Å². The molecule has 5 heteroatoms. The summed E-state index contributed by atoms with van der Waals surface area (Å²) in [6.07, 6.45) is -0.667. The van der Waals surface area contributed by atoms with Crippen LogP contribution in [0.15, 0.2) is 54.6 Å². The van der Waals surface area contributed by atoms with Crippen molar-refractivity contribution in [2.45, 2.75) is 18.8 Å². The number of nitrogens with zero attached hydrogens (tertiary/aromatic N) is 1. The minimum atomic E-state index is -0.465. The average molecular weight is 446 g/mol. The maximum absolute atomic E-state index is 10.4. The van der Waals surface area contributed by atoms with Crippen molar-refractivity contribution in [3.63, 3.8) is 0 Å². The molecule has 1 heterocycles. The van der Waals surface area contributed by atoms with Gasteiger partial charge in [-0.2, -0.15) is 0 Å². The van der Waals surface area contributed by atoms with Gasteiger partial charge in [0.05, 0.1) is 7.05 Å². The molecule has 0 saturated carbocycles. The molecule has 3 rings (SSSR count). The predicted molar refractivity (Wildman–Crippen MR) is 87.9 cm³/mol. The van der Waals surface area contributed by atoms with Gasteiger partial charge in [0.1, 0.15) is 31.5 Å². The third kappa shape index (κ3) is 4.83. The number of likely N-dealkylation sites (tertiary alicyclic amines) is 1. The Morgan fingerprint density at radius 3 is 2.57 bits per heavy atom. The van der Waals surface area contributed by atoms with Crippen LogP contribution in [0.4, 0.5) is 0 Å². The summed E-state index contributed by atoms with van der Waals surface area (Å²) in [7, 11) is 2.16. The van der Waals surface area contributed by atoms with Crippen molar-refractivity contribution in [3.8, 4) is 5.75 Å². The summed E-state index contributed by atoms with van der Waals surface area (Å²) < 4.78 is 6.73. The number of hydrogen-bond acceptors (Lipinski definition) is 2. The first-order valence-corrected chi connectivity index (χ1v) is 7.90. The van der Waals surface area contributed by atoms with Crippen LogP contribution >= 0.6 is 11.6 Å². The van der Waals surface area contributed by atoms with Crippen LogP contribution in [-0.4, -0.2) is 41.9 Å². The second-order valence-electron chi connectivity index (χ2n) is 6.31. The van der Waals surface area contributed by atoms with E-state index in [2.05, 4.69) is 19.2 Å². The minimum absolute atomic E-state index is 0. The Bertz CT molecular complexity index is 640. The SMILES string of the molecule is C[N+]1(Cc2ccccc2)C[C@@H](O)[C@@H](Oc2cccc(Cl)c2)C1.[I-]. The van der Waals surface area contributed by atoms with Crippen molar-refractivity contribution in [3.05, 3.63) is 65.2 Å². The lowest BCUT2D eigenvalue weighted by Crippen LogP contribution is -3.00. The molecule has 3 atom stereocenters. The average Bonchev–Trinajstić information content (AvgIpc) is 2.74.